The summed E-state index contributed by atoms with van der Waals surface area (Å²) in [4.78, 5) is 6.90. The van der Waals surface area contributed by atoms with Crippen molar-refractivity contribution in [1.29, 1.82) is 5.41 Å². The Morgan fingerprint density at radius 3 is 2.50 bits per heavy atom. The summed E-state index contributed by atoms with van der Waals surface area (Å²) in [7, 11) is -3.65. The summed E-state index contributed by atoms with van der Waals surface area (Å²) in [5, 5.41) is 7.42. The van der Waals surface area contributed by atoms with Crippen molar-refractivity contribution in [1.82, 2.24) is 14.2 Å². The van der Waals surface area contributed by atoms with E-state index in [2.05, 4.69) is 34.1 Å². The van der Waals surface area contributed by atoms with E-state index in [1.165, 1.54) is 17.3 Å². The van der Waals surface area contributed by atoms with Gasteiger partial charge in [0.25, 0.3) is 10.0 Å². The normalized spacial score (nSPS) is 19.6. The Balaban J connectivity index is 1.33. The fourth-order valence-corrected chi connectivity index (χ4v) is 6.10. The van der Waals surface area contributed by atoms with Crippen LogP contribution in [0.4, 0.5) is 0 Å². The van der Waals surface area contributed by atoms with Crippen LogP contribution in [-0.4, -0.2) is 54.5 Å². The molecule has 1 fully saturated rings. The highest BCUT2D eigenvalue weighted by Crippen LogP contribution is 2.28. The highest BCUT2D eigenvalue weighted by Gasteiger charge is 2.36. The van der Waals surface area contributed by atoms with Crippen molar-refractivity contribution >= 4 is 16.2 Å². The van der Waals surface area contributed by atoms with E-state index in [-0.39, 0.29) is 11.1 Å². The smallest absolute Gasteiger partial charge is 0.260 e. The minimum absolute atomic E-state index is 0.0933. The molecule has 1 saturated heterocycles. The molecule has 0 saturated carbocycles. The second-order valence-electron chi connectivity index (χ2n) is 8.42. The molecule has 3 aromatic rings. The Kier molecular flexibility index (Phi) is 5.63. The molecule has 7 heteroatoms. The van der Waals surface area contributed by atoms with Crippen LogP contribution < -0.4 is 0 Å². The quantitative estimate of drug-likeness (QED) is 0.608. The van der Waals surface area contributed by atoms with Gasteiger partial charge in [-0.15, -0.1) is 0 Å². The lowest BCUT2D eigenvalue weighted by molar-refractivity contribution is 0.185. The van der Waals surface area contributed by atoms with Gasteiger partial charge in [-0.25, -0.2) is 13.4 Å². The molecule has 3 heterocycles. The number of hydrogen-bond donors (Lipinski definition) is 1. The van der Waals surface area contributed by atoms with Crippen molar-refractivity contribution in [2.24, 2.45) is 0 Å². The molecule has 1 atom stereocenters. The number of hydrogen-bond acceptors (Lipinski definition) is 5. The molecule has 0 amide bonds. The van der Waals surface area contributed by atoms with Crippen LogP contribution in [-0.2, 0) is 23.0 Å². The van der Waals surface area contributed by atoms with Crippen LogP contribution >= 0.6 is 0 Å². The van der Waals surface area contributed by atoms with Crippen LogP contribution in [0.2, 0.25) is 0 Å². The SMILES string of the molecule is N=Cc1ccc(-c2cccc(S(=O)(=O)N3CCC(N4CCc5ccccc5C4)C3)n2)cc1. The molecule has 32 heavy (non-hydrogen) atoms. The lowest BCUT2D eigenvalue weighted by Gasteiger charge is -2.33. The zero-order chi connectivity index (χ0) is 22.1. The van der Waals surface area contributed by atoms with Crippen molar-refractivity contribution in [3.05, 3.63) is 83.4 Å². The predicted molar refractivity (Wildman–Crippen MR) is 125 cm³/mol. The van der Waals surface area contributed by atoms with E-state index in [0.29, 0.717) is 18.8 Å². The standard InChI is InChI=1S/C25H26N4O2S/c26-16-19-8-10-21(11-9-19)24-6-3-7-25(27-24)32(30,31)29-15-13-23(18-29)28-14-12-20-4-1-2-5-22(20)17-28/h1-11,16,23,26H,12-15,17-18H2. The van der Waals surface area contributed by atoms with E-state index in [1.807, 2.05) is 30.3 Å². The number of fused-ring (bicyclic) bond motifs is 1. The Hall–Kier alpha value is -2.87. The fourth-order valence-electron chi connectivity index (χ4n) is 4.66. The average molecular weight is 447 g/mol. The molecule has 2 aliphatic heterocycles. The third-order valence-electron chi connectivity index (χ3n) is 6.50. The van der Waals surface area contributed by atoms with Crippen molar-refractivity contribution in [3.63, 3.8) is 0 Å². The second-order valence-corrected chi connectivity index (χ2v) is 10.3. The molecule has 1 N–H and O–H groups in total. The lowest BCUT2D eigenvalue weighted by Crippen LogP contribution is -2.41. The summed E-state index contributed by atoms with van der Waals surface area (Å²) < 4.78 is 28.3. The van der Waals surface area contributed by atoms with E-state index in [0.717, 1.165) is 37.1 Å². The van der Waals surface area contributed by atoms with Gasteiger partial charge < -0.3 is 5.41 Å². The number of rotatable bonds is 5. The summed E-state index contributed by atoms with van der Waals surface area (Å²) in [5.41, 5.74) is 5.00. The first-order valence-electron chi connectivity index (χ1n) is 10.9. The molecule has 1 aromatic heterocycles. The second kappa shape index (κ2) is 8.58. The van der Waals surface area contributed by atoms with Gasteiger partial charge in [0, 0.05) is 44.0 Å². The van der Waals surface area contributed by atoms with Crippen molar-refractivity contribution in [2.75, 3.05) is 19.6 Å². The summed E-state index contributed by atoms with van der Waals surface area (Å²) >= 11 is 0. The average Bonchev–Trinajstić information content (AvgIpc) is 3.35. The van der Waals surface area contributed by atoms with Gasteiger partial charge in [0.2, 0.25) is 0 Å². The molecule has 0 radical (unpaired) electrons. The van der Waals surface area contributed by atoms with Gasteiger partial charge in [-0.1, -0.05) is 54.6 Å². The highest BCUT2D eigenvalue weighted by molar-refractivity contribution is 7.89. The van der Waals surface area contributed by atoms with Gasteiger partial charge in [0.05, 0.1) is 5.69 Å². The molecule has 6 nitrogen and oxygen atoms in total. The molecule has 0 bridgehead atoms. The summed E-state index contributed by atoms with van der Waals surface area (Å²) in [6.07, 6.45) is 3.13. The molecule has 2 aromatic carbocycles. The first-order valence-corrected chi connectivity index (χ1v) is 12.4. The minimum Gasteiger partial charge on any atom is -0.308 e. The van der Waals surface area contributed by atoms with Crippen LogP contribution in [0.5, 0.6) is 0 Å². The van der Waals surface area contributed by atoms with Crippen LogP contribution in [0.1, 0.15) is 23.1 Å². The van der Waals surface area contributed by atoms with E-state index < -0.39 is 10.0 Å². The van der Waals surface area contributed by atoms with Crippen LogP contribution in [0.25, 0.3) is 11.3 Å². The van der Waals surface area contributed by atoms with E-state index in [4.69, 9.17) is 5.41 Å². The lowest BCUT2D eigenvalue weighted by atomic mass is 9.98. The van der Waals surface area contributed by atoms with Gasteiger partial charge in [-0.2, -0.15) is 4.31 Å². The van der Waals surface area contributed by atoms with Crippen molar-refractivity contribution in [3.8, 4) is 11.3 Å². The zero-order valence-corrected chi connectivity index (χ0v) is 18.6. The molecule has 0 spiro atoms. The van der Waals surface area contributed by atoms with Gasteiger partial charge in [0.15, 0.2) is 5.03 Å². The highest BCUT2D eigenvalue weighted by atomic mass is 32.2. The summed E-state index contributed by atoms with van der Waals surface area (Å²) in [5.74, 6) is 0. The number of aromatic nitrogens is 1. The number of nitrogens with zero attached hydrogens (tertiary/aromatic N) is 3. The topological polar surface area (TPSA) is 77.4 Å². The van der Waals surface area contributed by atoms with Gasteiger partial charge >= 0.3 is 0 Å². The zero-order valence-electron chi connectivity index (χ0n) is 17.8. The van der Waals surface area contributed by atoms with Crippen LogP contribution in [0, 0.1) is 5.41 Å². The third kappa shape index (κ3) is 3.99. The van der Waals surface area contributed by atoms with Gasteiger partial charge in [0.1, 0.15) is 0 Å². The fraction of sp³-hybridized carbons (Fsp3) is 0.280. The third-order valence-corrected chi connectivity index (χ3v) is 8.27. The van der Waals surface area contributed by atoms with Crippen molar-refractivity contribution < 1.29 is 8.42 Å². The van der Waals surface area contributed by atoms with Crippen LogP contribution in [0.3, 0.4) is 0 Å². The Morgan fingerprint density at radius 1 is 0.938 bits per heavy atom. The Bertz CT molecular complexity index is 1240. The van der Waals surface area contributed by atoms with E-state index in [1.54, 1.807) is 16.4 Å². The summed E-state index contributed by atoms with van der Waals surface area (Å²) in [6, 6.07) is 21.3. The maximum atomic E-state index is 13.4. The number of nitrogens with one attached hydrogen (secondary N) is 1. The van der Waals surface area contributed by atoms with E-state index in [9.17, 15) is 8.42 Å². The Labute approximate surface area is 189 Å². The maximum Gasteiger partial charge on any atom is 0.260 e. The molecule has 2 aliphatic rings. The van der Waals surface area contributed by atoms with Crippen molar-refractivity contribution in [2.45, 2.75) is 30.5 Å². The van der Waals surface area contributed by atoms with Crippen LogP contribution in [0.15, 0.2) is 71.8 Å². The number of pyridine rings is 1. The first-order chi connectivity index (χ1) is 15.5. The molecular weight excluding hydrogens is 420 g/mol. The maximum absolute atomic E-state index is 13.4. The number of benzene rings is 2. The molecule has 0 aliphatic carbocycles. The summed E-state index contributed by atoms with van der Waals surface area (Å²) in [6.45, 7) is 2.87. The minimum atomic E-state index is -3.65. The monoisotopic (exact) mass is 446 g/mol. The Morgan fingerprint density at radius 2 is 1.72 bits per heavy atom. The molecule has 5 rings (SSSR count). The largest absolute Gasteiger partial charge is 0.308 e. The predicted octanol–water partition coefficient (Wildman–Crippen LogP) is 3.57. The molecule has 164 valence electrons. The van der Waals surface area contributed by atoms with Gasteiger partial charge in [-0.05, 0) is 41.7 Å². The van der Waals surface area contributed by atoms with E-state index >= 15 is 0 Å². The molecule has 1 unspecified atom stereocenters. The van der Waals surface area contributed by atoms with Gasteiger partial charge in [-0.3, -0.25) is 4.90 Å². The first kappa shape index (κ1) is 21.0. The molecular formula is C25H26N4O2S. The number of sulfonamides is 1.